The van der Waals surface area contributed by atoms with Crippen molar-refractivity contribution in [2.45, 2.75) is 0 Å². The SMILES string of the molecule is O=C(Nc1ccc(Br)nc1)Oc1ccccc1. The van der Waals surface area contributed by atoms with Crippen LogP contribution in [0.1, 0.15) is 0 Å². The molecule has 4 nitrogen and oxygen atoms in total. The van der Waals surface area contributed by atoms with Crippen LogP contribution in [0.15, 0.2) is 53.3 Å². The molecule has 0 bridgehead atoms. The molecule has 1 N–H and O–H groups in total. The summed E-state index contributed by atoms with van der Waals surface area (Å²) in [6.45, 7) is 0. The Morgan fingerprint density at radius 1 is 1.18 bits per heavy atom. The lowest BCUT2D eigenvalue weighted by molar-refractivity contribution is 0.215. The molecule has 0 aliphatic carbocycles. The summed E-state index contributed by atoms with van der Waals surface area (Å²) >= 11 is 3.21. The summed E-state index contributed by atoms with van der Waals surface area (Å²) in [6.07, 6.45) is 0.997. The molecule has 86 valence electrons. The largest absolute Gasteiger partial charge is 0.417 e. The molecular weight excluding hydrogens is 284 g/mol. The van der Waals surface area contributed by atoms with Crippen LogP contribution in [0.2, 0.25) is 0 Å². The Labute approximate surface area is 107 Å². The van der Waals surface area contributed by atoms with E-state index in [1.54, 1.807) is 36.4 Å². The maximum atomic E-state index is 11.5. The molecular formula is C12H9BrN2O2. The van der Waals surface area contributed by atoms with Gasteiger partial charge in [0.1, 0.15) is 10.4 Å². The van der Waals surface area contributed by atoms with Crippen molar-refractivity contribution in [1.82, 2.24) is 4.98 Å². The van der Waals surface area contributed by atoms with Gasteiger partial charge in [0.15, 0.2) is 0 Å². The van der Waals surface area contributed by atoms with E-state index in [1.165, 1.54) is 6.20 Å². The number of nitrogens with zero attached hydrogens (tertiary/aromatic N) is 1. The standard InChI is InChI=1S/C12H9BrN2O2/c13-11-7-6-9(8-14-11)15-12(16)17-10-4-2-1-3-5-10/h1-8H,(H,15,16). The molecule has 1 aromatic carbocycles. The molecule has 0 saturated carbocycles. The molecule has 2 aromatic rings. The average molecular weight is 293 g/mol. The second-order valence-corrected chi connectivity index (χ2v) is 4.01. The van der Waals surface area contributed by atoms with Crippen molar-refractivity contribution in [2.75, 3.05) is 5.32 Å². The number of carbonyl (C=O) groups excluding carboxylic acids is 1. The fraction of sp³-hybridized carbons (Fsp3) is 0. The molecule has 0 aliphatic heterocycles. The Bertz CT molecular complexity index is 500. The number of ether oxygens (including phenoxy) is 1. The third-order valence-electron chi connectivity index (χ3n) is 1.93. The van der Waals surface area contributed by atoms with E-state index in [2.05, 4.69) is 26.2 Å². The second kappa shape index (κ2) is 5.45. The van der Waals surface area contributed by atoms with Crippen LogP contribution < -0.4 is 10.1 Å². The van der Waals surface area contributed by atoms with Crippen LogP contribution in [0, 0.1) is 0 Å². The van der Waals surface area contributed by atoms with E-state index in [-0.39, 0.29) is 0 Å². The van der Waals surface area contributed by atoms with Crippen LogP contribution in [0.3, 0.4) is 0 Å². The number of hydrogen-bond acceptors (Lipinski definition) is 3. The van der Waals surface area contributed by atoms with E-state index in [0.29, 0.717) is 16.0 Å². The number of anilines is 1. The lowest BCUT2D eigenvalue weighted by atomic mass is 10.3. The van der Waals surface area contributed by atoms with Crippen LogP contribution in [-0.2, 0) is 0 Å². The number of benzene rings is 1. The summed E-state index contributed by atoms with van der Waals surface area (Å²) in [6, 6.07) is 12.3. The first kappa shape index (κ1) is 11.6. The summed E-state index contributed by atoms with van der Waals surface area (Å²) in [5, 5.41) is 2.57. The summed E-state index contributed by atoms with van der Waals surface area (Å²) in [4.78, 5) is 15.5. The number of para-hydroxylation sites is 1. The number of hydrogen-bond donors (Lipinski definition) is 1. The predicted octanol–water partition coefficient (Wildman–Crippen LogP) is 3.46. The molecule has 0 radical (unpaired) electrons. The van der Waals surface area contributed by atoms with E-state index >= 15 is 0 Å². The number of amides is 1. The van der Waals surface area contributed by atoms with E-state index < -0.39 is 6.09 Å². The van der Waals surface area contributed by atoms with Crippen LogP contribution >= 0.6 is 15.9 Å². The predicted molar refractivity (Wildman–Crippen MR) is 68.0 cm³/mol. The topological polar surface area (TPSA) is 51.2 Å². The smallest absolute Gasteiger partial charge is 0.410 e. The van der Waals surface area contributed by atoms with Crippen molar-refractivity contribution in [3.63, 3.8) is 0 Å². The maximum absolute atomic E-state index is 11.5. The highest BCUT2D eigenvalue weighted by Gasteiger charge is 2.04. The van der Waals surface area contributed by atoms with Gasteiger partial charge in [-0.3, -0.25) is 5.32 Å². The minimum absolute atomic E-state index is 0.495. The quantitative estimate of drug-likeness (QED) is 0.863. The molecule has 5 heteroatoms. The third-order valence-corrected chi connectivity index (χ3v) is 2.40. The number of rotatable bonds is 2. The highest BCUT2D eigenvalue weighted by atomic mass is 79.9. The molecule has 1 heterocycles. The molecule has 0 atom stereocenters. The Morgan fingerprint density at radius 3 is 2.59 bits per heavy atom. The monoisotopic (exact) mass is 292 g/mol. The van der Waals surface area contributed by atoms with Crippen LogP contribution in [0.4, 0.5) is 10.5 Å². The zero-order valence-corrected chi connectivity index (χ0v) is 10.3. The zero-order chi connectivity index (χ0) is 12.1. The van der Waals surface area contributed by atoms with E-state index in [4.69, 9.17) is 4.74 Å². The Kier molecular flexibility index (Phi) is 3.72. The summed E-state index contributed by atoms with van der Waals surface area (Å²) in [5.74, 6) is 0.495. The number of nitrogens with one attached hydrogen (secondary N) is 1. The molecule has 17 heavy (non-hydrogen) atoms. The Morgan fingerprint density at radius 2 is 1.94 bits per heavy atom. The summed E-state index contributed by atoms with van der Waals surface area (Å²) in [7, 11) is 0. The third kappa shape index (κ3) is 3.57. The van der Waals surface area contributed by atoms with E-state index in [0.717, 1.165) is 0 Å². The van der Waals surface area contributed by atoms with Gasteiger partial charge >= 0.3 is 6.09 Å². The number of pyridine rings is 1. The van der Waals surface area contributed by atoms with Gasteiger partial charge in [0.25, 0.3) is 0 Å². The van der Waals surface area contributed by atoms with Gasteiger partial charge in [-0.05, 0) is 40.2 Å². The van der Waals surface area contributed by atoms with E-state index in [1.807, 2.05) is 6.07 Å². The van der Waals surface area contributed by atoms with Crippen molar-refractivity contribution in [2.24, 2.45) is 0 Å². The highest BCUT2D eigenvalue weighted by molar-refractivity contribution is 9.10. The van der Waals surface area contributed by atoms with Crippen molar-refractivity contribution < 1.29 is 9.53 Å². The summed E-state index contributed by atoms with van der Waals surface area (Å²) in [5.41, 5.74) is 0.578. The molecule has 1 amide bonds. The van der Waals surface area contributed by atoms with Crippen LogP contribution in [0.25, 0.3) is 0 Å². The first-order chi connectivity index (χ1) is 8.24. The average Bonchev–Trinajstić information content (AvgIpc) is 2.33. The molecule has 2 rings (SSSR count). The number of aromatic nitrogens is 1. The van der Waals surface area contributed by atoms with Gasteiger partial charge in [-0.1, -0.05) is 18.2 Å². The lowest BCUT2D eigenvalue weighted by Gasteiger charge is -2.05. The fourth-order valence-electron chi connectivity index (χ4n) is 1.19. The molecule has 1 aromatic heterocycles. The van der Waals surface area contributed by atoms with Gasteiger partial charge in [-0.2, -0.15) is 0 Å². The fourth-order valence-corrected chi connectivity index (χ4v) is 1.42. The highest BCUT2D eigenvalue weighted by Crippen LogP contribution is 2.12. The zero-order valence-electron chi connectivity index (χ0n) is 8.76. The minimum atomic E-state index is -0.541. The molecule has 0 aliphatic rings. The molecule has 0 saturated heterocycles. The first-order valence-corrected chi connectivity index (χ1v) is 5.69. The number of halogens is 1. The first-order valence-electron chi connectivity index (χ1n) is 4.89. The molecule has 0 fully saturated rings. The van der Waals surface area contributed by atoms with Gasteiger partial charge in [0.2, 0.25) is 0 Å². The lowest BCUT2D eigenvalue weighted by Crippen LogP contribution is -2.16. The Hall–Kier alpha value is -1.88. The van der Waals surface area contributed by atoms with Crippen molar-refractivity contribution in [3.8, 4) is 5.75 Å². The van der Waals surface area contributed by atoms with Crippen LogP contribution in [-0.4, -0.2) is 11.1 Å². The van der Waals surface area contributed by atoms with Gasteiger partial charge in [0.05, 0.1) is 11.9 Å². The summed E-state index contributed by atoms with van der Waals surface area (Å²) < 4.78 is 5.77. The molecule has 0 unspecified atom stereocenters. The Balaban J connectivity index is 1.96. The minimum Gasteiger partial charge on any atom is -0.410 e. The maximum Gasteiger partial charge on any atom is 0.417 e. The normalized spacial score (nSPS) is 9.71. The second-order valence-electron chi connectivity index (χ2n) is 3.20. The van der Waals surface area contributed by atoms with E-state index in [9.17, 15) is 4.79 Å². The van der Waals surface area contributed by atoms with Crippen molar-refractivity contribution in [3.05, 3.63) is 53.3 Å². The van der Waals surface area contributed by atoms with Gasteiger partial charge in [-0.15, -0.1) is 0 Å². The van der Waals surface area contributed by atoms with Crippen molar-refractivity contribution in [1.29, 1.82) is 0 Å². The van der Waals surface area contributed by atoms with Crippen molar-refractivity contribution >= 4 is 27.7 Å². The number of carbonyl (C=O) groups is 1. The van der Waals surface area contributed by atoms with Gasteiger partial charge < -0.3 is 4.74 Å². The molecule has 0 spiro atoms. The van der Waals surface area contributed by atoms with Gasteiger partial charge in [0, 0.05) is 0 Å². The van der Waals surface area contributed by atoms with Crippen LogP contribution in [0.5, 0.6) is 5.75 Å². The van der Waals surface area contributed by atoms with Gasteiger partial charge in [-0.25, -0.2) is 9.78 Å².